The molecule has 6 rings (SSSR count). The van der Waals surface area contributed by atoms with Crippen LogP contribution in [0.2, 0.25) is 0 Å². The lowest BCUT2D eigenvalue weighted by Gasteiger charge is -2.36. The monoisotopic (exact) mass is 1050 g/mol. The summed E-state index contributed by atoms with van der Waals surface area (Å²) in [6.07, 6.45) is -0.456. The second-order valence-electron chi connectivity index (χ2n) is 17.2. The summed E-state index contributed by atoms with van der Waals surface area (Å²) >= 11 is 0. The Morgan fingerprint density at radius 3 is 0.908 bits per heavy atom. The number of ether oxygens (including phenoxy) is 14. The van der Waals surface area contributed by atoms with Crippen LogP contribution in [-0.2, 0) is 71.9 Å². The lowest BCUT2D eigenvalue weighted by atomic mass is 9.80. The van der Waals surface area contributed by atoms with Gasteiger partial charge in [-0.1, -0.05) is 140 Å². The fraction of sp³-hybridized carbons (Fsp3) is 0.483. The van der Waals surface area contributed by atoms with Gasteiger partial charge in [0.1, 0.15) is 12.2 Å². The van der Waals surface area contributed by atoms with Crippen LogP contribution in [0.25, 0.3) is 11.1 Å². The van der Waals surface area contributed by atoms with Gasteiger partial charge in [-0.25, -0.2) is 4.79 Å². The molecule has 76 heavy (non-hydrogen) atoms. The Labute approximate surface area is 449 Å². The molecular formula is C60H79NO15. The van der Waals surface area contributed by atoms with Crippen LogP contribution in [0, 0.1) is 0 Å². The van der Waals surface area contributed by atoms with Crippen LogP contribution < -0.4 is 5.32 Å². The first kappa shape index (κ1) is 60.1. The predicted octanol–water partition coefficient (Wildman–Crippen LogP) is 7.73. The maximum atomic E-state index is 12.3. The van der Waals surface area contributed by atoms with Crippen LogP contribution in [0.4, 0.5) is 4.79 Å². The van der Waals surface area contributed by atoms with E-state index in [1.807, 2.05) is 78.9 Å². The Morgan fingerprint density at radius 1 is 0.329 bits per heavy atom. The summed E-state index contributed by atoms with van der Waals surface area (Å²) in [6.45, 7) is 12.2. The molecule has 1 amide bonds. The molecule has 0 unspecified atom stereocenters. The minimum atomic E-state index is -0.762. The molecular weight excluding hydrogens is 975 g/mol. The fourth-order valence-electron chi connectivity index (χ4n) is 8.42. The summed E-state index contributed by atoms with van der Waals surface area (Å²) in [6, 6.07) is 47.5. The van der Waals surface area contributed by atoms with Gasteiger partial charge in [0.05, 0.1) is 165 Å². The Kier molecular flexibility index (Phi) is 30.4. The number of benzene rings is 5. The van der Waals surface area contributed by atoms with Crippen LogP contribution in [0.1, 0.15) is 33.7 Å². The Morgan fingerprint density at radius 2 is 0.592 bits per heavy atom. The highest BCUT2D eigenvalue weighted by Gasteiger charge is 2.37. The molecule has 0 aliphatic heterocycles. The zero-order chi connectivity index (χ0) is 52.7. The number of nitrogens with one attached hydrogen (secondary N) is 1. The highest BCUT2D eigenvalue weighted by molar-refractivity contribution is 5.79. The maximum absolute atomic E-state index is 12.3. The van der Waals surface area contributed by atoms with Gasteiger partial charge in [0, 0.05) is 12.5 Å². The first-order valence-corrected chi connectivity index (χ1v) is 26.6. The molecule has 0 fully saturated rings. The van der Waals surface area contributed by atoms with Crippen molar-refractivity contribution in [3.63, 3.8) is 0 Å². The van der Waals surface area contributed by atoms with Gasteiger partial charge in [-0.3, -0.25) is 0 Å². The molecule has 0 radical (unpaired) electrons. The van der Waals surface area contributed by atoms with E-state index in [1.54, 1.807) is 0 Å². The Bertz CT molecular complexity index is 2080. The van der Waals surface area contributed by atoms with E-state index in [0.717, 1.165) is 16.7 Å². The smallest absolute Gasteiger partial charge is 0.407 e. The summed E-state index contributed by atoms with van der Waals surface area (Å²) in [5, 5.41) is 2.75. The summed E-state index contributed by atoms with van der Waals surface area (Å²) in [5.41, 5.74) is 7.18. The number of carbonyl (C=O) groups excluding carboxylic acids is 1. The summed E-state index contributed by atoms with van der Waals surface area (Å²) in [7, 11) is 0. The van der Waals surface area contributed by atoms with Crippen molar-refractivity contribution in [1.29, 1.82) is 0 Å². The van der Waals surface area contributed by atoms with Crippen molar-refractivity contribution in [2.75, 3.05) is 178 Å². The molecule has 1 aliphatic rings. The van der Waals surface area contributed by atoms with Gasteiger partial charge in [0.25, 0.3) is 0 Å². The van der Waals surface area contributed by atoms with Gasteiger partial charge in [-0.2, -0.15) is 0 Å². The molecule has 16 heteroatoms. The van der Waals surface area contributed by atoms with E-state index in [9.17, 15) is 4.79 Å². The Hall–Kier alpha value is -5.15. The molecule has 0 saturated heterocycles. The van der Waals surface area contributed by atoms with Crippen molar-refractivity contribution in [3.8, 4) is 11.1 Å². The van der Waals surface area contributed by atoms with E-state index in [1.165, 1.54) is 22.3 Å². The van der Waals surface area contributed by atoms with Crippen LogP contribution >= 0.6 is 0 Å². The standard InChI is InChI=1S/C60H79NO15/c62-59(75-50-58-56-22-12-10-20-54(56)55-21-11-13-23-57(55)58)61-24-25-63-26-27-64-28-29-65-30-31-66-32-33-67-34-35-68-36-37-69-38-39-70-40-41-71-42-43-72-44-45-73-46-47-74-48-49-76-60(51-14-4-1-5-15-51,52-16-6-2-7-17-52)53-18-8-3-9-19-53/h1-23,58H,24-50H2,(H,61,62). The van der Waals surface area contributed by atoms with Crippen molar-refractivity contribution in [3.05, 3.63) is 167 Å². The number of carbonyl (C=O) groups is 1. The summed E-state index contributed by atoms with van der Waals surface area (Å²) in [4.78, 5) is 12.3. The zero-order valence-electron chi connectivity index (χ0n) is 44.1. The lowest BCUT2D eigenvalue weighted by Crippen LogP contribution is -2.34. The van der Waals surface area contributed by atoms with E-state index in [4.69, 9.17) is 66.3 Å². The minimum Gasteiger partial charge on any atom is -0.449 e. The van der Waals surface area contributed by atoms with Crippen LogP contribution in [0.5, 0.6) is 0 Å². The normalized spacial score (nSPS) is 12.2. The third-order valence-corrected chi connectivity index (χ3v) is 12.0. The van der Waals surface area contributed by atoms with Crippen molar-refractivity contribution < 1.29 is 71.1 Å². The number of hydrogen-bond acceptors (Lipinski definition) is 15. The number of alkyl carbamates (subject to hydrolysis) is 1. The van der Waals surface area contributed by atoms with E-state index >= 15 is 0 Å². The molecule has 5 aromatic rings. The average Bonchev–Trinajstić information content (AvgIpc) is 3.79. The second kappa shape index (κ2) is 38.4. The number of amides is 1. The van der Waals surface area contributed by atoms with Crippen molar-refractivity contribution in [2.45, 2.75) is 11.5 Å². The third-order valence-electron chi connectivity index (χ3n) is 12.0. The molecule has 1 aliphatic carbocycles. The number of hydrogen-bond donors (Lipinski definition) is 1. The highest BCUT2D eigenvalue weighted by Crippen LogP contribution is 2.44. The van der Waals surface area contributed by atoms with Crippen molar-refractivity contribution in [2.24, 2.45) is 0 Å². The number of fused-ring (bicyclic) bond motifs is 3. The minimum absolute atomic E-state index is 0.0304. The van der Waals surface area contributed by atoms with Crippen LogP contribution in [0.15, 0.2) is 140 Å². The molecule has 0 saturated carbocycles. The second-order valence-corrected chi connectivity index (χ2v) is 17.2. The van der Waals surface area contributed by atoms with E-state index in [2.05, 4.69) is 66.0 Å². The molecule has 0 bridgehead atoms. The van der Waals surface area contributed by atoms with Gasteiger partial charge >= 0.3 is 6.09 Å². The maximum Gasteiger partial charge on any atom is 0.407 e. The number of rotatable bonds is 45. The van der Waals surface area contributed by atoms with Crippen LogP contribution in [-0.4, -0.2) is 184 Å². The summed E-state index contributed by atoms with van der Waals surface area (Å²) < 4.78 is 79.4. The van der Waals surface area contributed by atoms with Gasteiger partial charge in [0.15, 0.2) is 0 Å². The van der Waals surface area contributed by atoms with E-state index in [0.29, 0.717) is 172 Å². The topological polar surface area (TPSA) is 158 Å². The molecule has 414 valence electrons. The van der Waals surface area contributed by atoms with E-state index in [-0.39, 0.29) is 12.5 Å². The molecule has 0 spiro atoms. The van der Waals surface area contributed by atoms with Gasteiger partial charge in [-0.05, 0) is 38.9 Å². The quantitative estimate of drug-likeness (QED) is 0.0298. The lowest BCUT2D eigenvalue weighted by molar-refractivity contribution is -0.0399. The molecule has 16 nitrogen and oxygen atoms in total. The fourth-order valence-corrected chi connectivity index (χ4v) is 8.42. The first-order chi connectivity index (χ1) is 37.8. The largest absolute Gasteiger partial charge is 0.449 e. The van der Waals surface area contributed by atoms with Crippen LogP contribution in [0.3, 0.4) is 0 Å². The Balaban J connectivity index is 0.601. The van der Waals surface area contributed by atoms with Crippen molar-refractivity contribution >= 4 is 6.09 Å². The van der Waals surface area contributed by atoms with Gasteiger partial charge in [-0.15, -0.1) is 0 Å². The van der Waals surface area contributed by atoms with Crippen molar-refractivity contribution in [1.82, 2.24) is 5.32 Å². The molecule has 0 heterocycles. The van der Waals surface area contributed by atoms with Gasteiger partial charge in [0.2, 0.25) is 0 Å². The predicted molar refractivity (Wildman–Crippen MR) is 288 cm³/mol. The third kappa shape index (κ3) is 22.1. The highest BCUT2D eigenvalue weighted by atomic mass is 16.6. The first-order valence-electron chi connectivity index (χ1n) is 26.6. The molecule has 1 N–H and O–H groups in total. The molecule has 0 atom stereocenters. The molecule has 0 aromatic heterocycles. The average molecular weight is 1050 g/mol. The van der Waals surface area contributed by atoms with E-state index < -0.39 is 11.7 Å². The van der Waals surface area contributed by atoms with Gasteiger partial charge < -0.3 is 71.6 Å². The SMILES string of the molecule is O=C(NCCOCCOCCOCCOCCOCCOCCOCCOCCOCCOCCOCCOCCOC(c1ccccc1)(c1ccccc1)c1ccccc1)OCC1c2ccccc2-c2ccccc21. The molecule has 5 aromatic carbocycles. The zero-order valence-corrected chi connectivity index (χ0v) is 44.1. The summed E-state index contributed by atoms with van der Waals surface area (Å²) in [5.74, 6) is 0.0304.